The Labute approximate surface area is 255 Å². The average molecular weight is 597 g/mol. The third-order valence-corrected chi connectivity index (χ3v) is 10.8. The summed E-state index contributed by atoms with van der Waals surface area (Å²) in [6.45, 7) is 4.70. The minimum Gasteiger partial charge on any atom is -0.343 e. The number of rotatable bonds is 10. The van der Waals surface area contributed by atoms with E-state index in [-0.39, 0.29) is 22.6 Å². The lowest BCUT2D eigenvalue weighted by Crippen LogP contribution is -2.47. The van der Waals surface area contributed by atoms with E-state index in [1.807, 2.05) is 84.0 Å². The number of likely N-dealkylation sites (tertiary alicyclic amines) is 2. The lowest BCUT2D eigenvalue weighted by atomic mass is 9.70. The van der Waals surface area contributed by atoms with Crippen LogP contribution < -0.4 is 4.72 Å². The molecular formula is C35H40N4O3S. The van der Waals surface area contributed by atoms with Crippen molar-refractivity contribution in [1.29, 1.82) is 0 Å². The molecule has 1 unspecified atom stereocenters. The van der Waals surface area contributed by atoms with Crippen molar-refractivity contribution in [3.8, 4) is 0 Å². The second-order valence-electron chi connectivity index (χ2n) is 12.0. The molecule has 3 aromatic carbocycles. The molecule has 8 heteroatoms. The summed E-state index contributed by atoms with van der Waals surface area (Å²) in [5, 5.41) is 1.83. The van der Waals surface area contributed by atoms with Crippen LogP contribution in [0, 0.1) is 0 Å². The smallest absolute Gasteiger partial charge is 0.241 e. The van der Waals surface area contributed by atoms with Crippen LogP contribution in [0.5, 0.6) is 0 Å². The molecule has 0 saturated carbocycles. The van der Waals surface area contributed by atoms with Crippen LogP contribution in [0.2, 0.25) is 0 Å². The fraction of sp³-hybridized carbons (Fsp3) is 0.371. The van der Waals surface area contributed by atoms with Gasteiger partial charge in [0.05, 0.1) is 10.9 Å². The Hall–Kier alpha value is -3.59. The van der Waals surface area contributed by atoms with Gasteiger partial charge < -0.3 is 9.80 Å². The van der Waals surface area contributed by atoms with E-state index in [1.165, 1.54) is 31.5 Å². The van der Waals surface area contributed by atoms with Gasteiger partial charge in [0, 0.05) is 37.3 Å². The Morgan fingerprint density at radius 3 is 2.30 bits per heavy atom. The Balaban J connectivity index is 1.17. The van der Waals surface area contributed by atoms with Crippen molar-refractivity contribution >= 4 is 26.7 Å². The van der Waals surface area contributed by atoms with Gasteiger partial charge in [-0.1, -0.05) is 66.7 Å². The third kappa shape index (κ3) is 6.82. The second-order valence-corrected chi connectivity index (χ2v) is 13.7. The van der Waals surface area contributed by atoms with Crippen LogP contribution in [-0.4, -0.2) is 61.8 Å². The molecule has 2 fully saturated rings. The molecule has 6 rings (SSSR count). The molecule has 2 aliphatic rings. The standard InChI is InChI=1S/C35H40N4O3S/c40-34(39-23-17-35(18-24-39,31-13-8-19-36-27-31)16-22-38-20-6-7-21-38)26-33(29-10-2-1-3-11-29)37-43(41,42)32-15-14-28-9-4-5-12-30(28)25-32/h1-5,8-15,19,25,27,33,37H,6-7,16-18,20-24,26H2. The lowest BCUT2D eigenvalue weighted by molar-refractivity contribution is -0.133. The van der Waals surface area contributed by atoms with E-state index in [1.54, 1.807) is 12.1 Å². The number of hydrogen-bond acceptors (Lipinski definition) is 5. The first-order valence-electron chi connectivity index (χ1n) is 15.4. The topological polar surface area (TPSA) is 82.6 Å². The molecule has 1 amide bonds. The van der Waals surface area contributed by atoms with E-state index in [0.717, 1.165) is 42.1 Å². The van der Waals surface area contributed by atoms with Crippen LogP contribution in [0.1, 0.15) is 55.7 Å². The molecular weight excluding hydrogens is 556 g/mol. The van der Waals surface area contributed by atoms with Crippen LogP contribution in [0.15, 0.2) is 102 Å². The predicted octanol–water partition coefficient (Wildman–Crippen LogP) is 5.69. The van der Waals surface area contributed by atoms with Crippen LogP contribution in [-0.2, 0) is 20.2 Å². The molecule has 2 saturated heterocycles. The van der Waals surface area contributed by atoms with Gasteiger partial charge in [0.15, 0.2) is 0 Å². The van der Waals surface area contributed by atoms with Crippen molar-refractivity contribution in [3.63, 3.8) is 0 Å². The summed E-state index contributed by atoms with van der Waals surface area (Å²) >= 11 is 0. The fourth-order valence-electron chi connectivity index (χ4n) is 6.73. The summed E-state index contributed by atoms with van der Waals surface area (Å²) in [6, 6.07) is 25.7. The Kier molecular flexibility index (Phi) is 8.88. The Morgan fingerprint density at radius 2 is 1.58 bits per heavy atom. The quantitative estimate of drug-likeness (QED) is 0.254. The number of sulfonamides is 1. The van der Waals surface area contributed by atoms with E-state index in [9.17, 15) is 13.2 Å². The van der Waals surface area contributed by atoms with Crippen molar-refractivity contribution in [2.24, 2.45) is 0 Å². The molecule has 0 bridgehead atoms. The maximum Gasteiger partial charge on any atom is 0.241 e. The first-order valence-corrected chi connectivity index (χ1v) is 16.9. The highest BCUT2D eigenvalue weighted by atomic mass is 32.2. The number of nitrogens with one attached hydrogen (secondary N) is 1. The normalized spacial score (nSPS) is 18.1. The Morgan fingerprint density at radius 1 is 0.860 bits per heavy atom. The highest BCUT2D eigenvalue weighted by Crippen LogP contribution is 2.39. The van der Waals surface area contributed by atoms with Gasteiger partial charge in [0.2, 0.25) is 15.9 Å². The third-order valence-electron chi connectivity index (χ3n) is 9.36. The van der Waals surface area contributed by atoms with Crippen LogP contribution in [0.3, 0.4) is 0 Å². The van der Waals surface area contributed by atoms with Crippen molar-refractivity contribution in [2.45, 2.75) is 54.9 Å². The van der Waals surface area contributed by atoms with Crippen LogP contribution in [0.25, 0.3) is 10.8 Å². The molecule has 1 atom stereocenters. The average Bonchev–Trinajstić information content (AvgIpc) is 3.58. The number of pyridine rings is 1. The molecule has 1 N–H and O–H groups in total. The van der Waals surface area contributed by atoms with E-state index >= 15 is 0 Å². The van der Waals surface area contributed by atoms with E-state index in [0.29, 0.717) is 13.1 Å². The molecule has 4 aromatic rings. The van der Waals surface area contributed by atoms with Gasteiger partial charge in [-0.05, 0) is 91.8 Å². The van der Waals surface area contributed by atoms with Gasteiger partial charge >= 0.3 is 0 Å². The minimum atomic E-state index is -3.88. The molecule has 7 nitrogen and oxygen atoms in total. The van der Waals surface area contributed by atoms with Gasteiger partial charge in [-0.3, -0.25) is 9.78 Å². The van der Waals surface area contributed by atoms with E-state index < -0.39 is 16.1 Å². The van der Waals surface area contributed by atoms with Gasteiger partial charge in [0.1, 0.15) is 0 Å². The van der Waals surface area contributed by atoms with Crippen molar-refractivity contribution < 1.29 is 13.2 Å². The molecule has 43 heavy (non-hydrogen) atoms. The van der Waals surface area contributed by atoms with E-state index in [4.69, 9.17) is 0 Å². The number of benzene rings is 3. The maximum absolute atomic E-state index is 13.8. The molecule has 0 aliphatic carbocycles. The summed E-state index contributed by atoms with van der Waals surface area (Å²) in [6.07, 6.45) is 9.22. The summed E-state index contributed by atoms with van der Waals surface area (Å²) in [5.41, 5.74) is 2.02. The highest BCUT2D eigenvalue weighted by molar-refractivity contribution is 7.89. The zero-order chi connectivity index (χ0) is 29.7. The fourth-order valence-corrected chi connectivity index (χ4v) is 7.99. The minimum absolute atomic E-state index is 0.00979. The zero-order valence-corrected chi connectivity index (χ0v) is 25.4. The number of amides is 1. The molecule has 2 aliphatic heterocycles. The molecule has 0 radical (unpaired) electrons. The Bertz CT molecular complexity index is 1630. The van der Waals surface area contributed by atoms with Crippen molar-refractivity contribution in [2.75, 3.05) is 32.7 Å². The summed E-state index contributed by atoms with van der Waals surface area (Å²) in [7, 11) is -3.88. The van der Waals surface area contributed by atoms with Gasteiger partial charge in [0.25, 0.3) is 0 Å². The van der Waals surface area contributed by atoms with Crippen LogP contribution >= 0.6 is 0 Å². The largest absolute Gasteiger partial charge is 0.343 e. The number of fused-ring (bicyclic) bond motifs is 1. The number of carbonyl (C=O) groups excluding carboxylic acids is 1. The SMILES string of the molecule is O=C(CC(NS(=O)(=O)c1ccc2ccccc2c1)c1ccccc1)N1CCC(CCN2CCCC2)(c2cccnc2)CC1. The molecule has 224 valence electrons. The molecule has 3 heterocycles. The highest BCUT2D eigenvalue weighted by Gasteiger charge is 2.38. The van der Waals surface area contributed by atoms with E-state index in [2.05, 4.69) is 20.7 Å². The number of hydrogen-bond donors (Lipinski definition) is 1. The van der Waals surface area contributed by atoms with Gasteiger partial charge in [-0.25, -0.2) is 13.1 Å². The summed E-state index contributed by atoms with van der Waals surface area (Å²) in [5.74, 6) is -0.0330. The van der Waals surface area contributed by atoms with Crippen molar-refractivity contribution in [1.82, 2.24) is 19.5 Å². The first kappa shape index (κ1) is 29.5. The monoisotopic (exact) mass is 596 g/mol. The van der Waals surface area contributed by atoms with Crippen molar-refractivity contribution in [3.05, 3.63) is 108 Å². The summed E-state index contributed by atoms with van der Waals surface area (Å²) < 4.78 is 30.1. The predicted molar refractivity (Wildman–Crippen MR) is 170 cm³/mol. The van der Waals surface area contributed by atoms with Gasteiger partial charge in [-0.2, -0.15) is 0 Å². The second kappa shape index (κ2) is 13.0. The molecule has 1 aromatic heterocycles. The van der Waals surface area contributed by atoms with Gasteiger partial charge in [-0.15, -0.1) is 0 Å². The number of nitrogens with zero attached hydrogens (tertiary/aromatic N) is 3. The summed E-state index contributed by atoms with van der Waals surface area (Å²) in [4.78, 5) is 22.9. The zero-order valence-electron chi connectivity index (χ0n) is 24.6. The van der Waals surface area contributed by atoms with Crippen LogP contribution in [0.4, 0.5) is 0 Å². The number of carbonyl (C=O) groups is 1. The number of piperidine rings is 1. The maximum atomic E-state index is 13.8. The lowest BCUT2D eigenvalue weighted by Gasteiger charge is -2.43. The number of aromatic nitrogens is 1. The first-order chi connectivity index (χ1) is 20.9. The molecule has 0 spiro atoms.